The van der Waals surface area contributed by atoms with Gasteiger partial charge < -0.3 is 9.47 Å². The minimum Gasteiger partial charge on any atom is -0.493 e. The first kappa shape index (κ1) is 12.2. The Bertz CT molecular complexity index is 413. The Labute approximate surface area is 93.5 Å². The Morgan fingerprint density at radius 3 is 2.69 bits per heavy atom. The van der Waals surface area contributed by atoms with Crippen LogP contribution in [0.5, 0.6) is 11.5 Å². The van der Waals surface area contributed by atoms with Crippen LogP contribution in [-0.2, 0) is 0 Å². The number of benzene rings is 1. The van der Waals surface area contributed by atoms with Crippen LogP contribution in [0.3, 0.4) is 0 Å². The van der Waals surface area contributed by atoms with E-state index in [-0.39, 0.29) is 17.9 Å². The number of ether oxygens (including phenoxy) is 2. The van der Waals surface area contributed by atoms with Crippen molar-refractivity contribution in [3.05, 3.63) is 35.9 Å². The van der Waals surface area contributed by atoms with E-state index < -0.39 is 6.04 Å². The molecule has 16 heavy (non-hydrogen) atoms. The molecule has 0 aromatic heterocycles. The first-order chi connectivity index (χ1) is 7.56. The van der Waals surface area contributed by atoms with Crippen LogP contribution in [0.25, 0.3) is 0 Å². The summed E-state index contributed by atoms with van der Waals surface area (Å²) in [6.45, 7) is 5.63. The Hall–Kier alpha value is -1.84. The summed E-state index contributed by atoms with van der Waals surface area (Å²) in [5, 5.41) is 0. The molecule has 0 heterocycles. The van der Waals surface area contributed by atoms with Gasteiger partial charge in [0.15, 0.2) is 11.5 Å². The number of carbonyl (C=O) groups excluding carboxylic acids is 1. The molecular formula is C12H13FO3. The molecule has 0 aliphatic heterocycles. The van der Waals surface area contributed by atoms with Crippen LogP contribution in [0.4, 0.5) is 4.39 Å². The third-order valence-electron chi connectivity index (χ3n) is 1.87. The number of carbonyl (C=O) groups is 1. The molecule has 0 amide bonds. The third kappa shape index (κ3) is 2.82. The van der Waals surface area contributed by atoms with E-state index in [2.05, 4.69) is 6.58 Å². The van der Waals surface area contributed by atoms with Gasteiger partial charge in [0.1, 0.15) is 6.61 Å². The second-order valence-corrected chi connectivity index (χ2v) is 3.36. The minimum atomic E-state index is -1.55. The van der Waals surface area contributed by atoms with Gasteiger partial charge in [-0.3, -0.25) is 4.79 Å². The van der Waals surface area contributed by atoms with Gasteiger partial charge in [-0.05, 0) is 24.6 Å². The largest absolute Gasteiger partial charge is 0.493 e. The Morgan fingerprint density at radius 1 is 1.50 bits per heavy atom. The summed E-state index contributed by atoms with van der Waals surface area (Å²) in [5.74, 6) is 0.435. The predicted octanol–water partition coefficient (Wildman–Crippen LogP) is 2.76. The predicted molar refractivity (Wildman–Crippen MR) is 58.7 cm³/mol. The van der Waals surface area contributed by atoms with Gasteiger partial charge >= 0.3 is 6.04 Å². The second-order valence-electron chi connectivity index (χ2n) is 3.36. The molecule has 1 aromatic rings. The van der Waals surface area contributed by atoms with Crippen LogP contribution >= 0.6 is 0 Å². The summed E-state index contributed by atoms with van der Waals surface area (Å²) in [6.07, 6.45) is 0. The number of hydrogen-bond acceptors (Lipinski definition) is 3. The maximum Gasteiger partial charge on any atom is 0.336 e. The molecule has 0 spiro atoms. The second kappa shape index (κ2) is 5.30. The number of hydrogen-bond donors (Lipinski definition) is 0. The standard InChI is InChI=1S/C12H13FO3/c1-8(2)7-16-11-9(12(13)14)5-4-6-10(11)15-3/h4-6H,1,7H2,2-3H3. The van der Waals surface area contributed by atoms with Gasteiger partial charge in [0.2, 0.25) is 0 Å². The van der Waals surface area contributed by atoms with Crippen molar-refractivity contribution < 1.29 is 18.7 Å². The zero-order chi connectivity index (χ0) is 12.1. The van der Waals surface area contributed by atoms with Crippen molar-refractivity contribution in [3.63, 3.8) is 0 Å². The molecule has 0 fully saturated rings. The molecule has 86 valence electrons. The number of halogens is 1. The Balaban J connectivity index is 3.09. The van der Waals surface area contributed by atoms with E-state index >= 15 is 0 Å². The molecule has 0 aliphatic rings. The van der Waals surface area contributed by atoms with E-state index in [9.17, 15) is 9.18 Å². The van der Waals surface area contributed by atoms with Crippen LogP contribution < -0.4 is 9.47 Å². The number of rotatable bonds is 5. The maximum absolute atomic E-state index is 12.7. The van der Waals surface area contributed by atoms with Gasteiger partial charge in [-0.2, -0.15) is 4.39 Å². The van der Waals surface area contributed by atoms with Crippen LogP contribution in [-0.4, -0.2) is 19.8 Å². The molecule has 0 N–H and O–H groups in total. The van der Waals surface area contributed by atoms with Gasteiger partial charge in [-0.25, -0.2) is 0 Å². The highest BCUT2D eigenvalue weighted by atomic mass is 19.1. The van der Waals surface area contributed by atoms with Crippen molar-refractivity contribution in [2.24, 2.45) is 0 Å². The van der Waals surface area contributed by atoms with E-state index in [4.69, 9.17) is 9.47 Å². The van der Waals surface area contributed by atoms with Crippen molar-refractivity contribution in [1.82, 2.24) is 0 Å². The first-order valence-corrected chi connectivity index (χ1v) is 4.70. The molecule has 0 saturated carbocycles. The topological polar surface area (TPSA) is 35.5 Å². The highest BCUT2D eigenvalue weighted by Crippen LogP contribution is 2.31. The fourth-order valence-electron chi connectivity index (χ4n) is 1.18. The molecule has 0 bridgehead atoms. The van der Waals surface area contributed by atoms with Gasteiger partial charge in [-0.15, -0.1) is 0 Å². The monoisotopic (exact) mass is 224 g/mol. The molecule has 0 radical (unpaired) electrons. The van der Waals surface area contributed by atoms with Crippen molar-refractivity contribution in [2.45, 2.75) is 6.92 Å². The quantitative estimate of drug-likeness (QED) is 0.570. The average Bonchev–Trinajstić information content (AvgIpc) is 2.25. The lowest BCUT2D eigenvalue weighted by Crippen LogP contribution is -2.04. The fraction of sp³-hybridized carbons (Fsp3) is 0.250. The summed E-state index contributed by atoms with van der Waals surface area (Å²) in [4.78, 5) is 10.8. The molecule has 0 aliphatic carbocycles. The lowest BCUT2D eigenvalue weighted by molar-refractivity contribution is 0.0831. The minimum absolute atomic E-state index is 0.112. The van der Waals surface area contributed by atoms with Crippen molar-refractivity contribution in [2.75, 3.05) is 13.7 Å². The summed E-state index contributed by atoms with van der Waals surface area (Å²) >= 11 is 0. The summed E-state index contributed by atoms with van der Waals surface area (Å²) in [6, 6.07) is 2.92. The Kier molecular flexibility index (Phi) is 4.05. The molecular weight excluding hydrogens is 211 g/mol. The molecule has 3 nitrogen and oxygen atoms in total. The van der Waals surface area contributed by atoms with Gasteiger partial charge in [0.25, 0.3) is 0 Å². The molecule has 0 unspecified atom stereocenters. The van der Waals surface area contributed by atoms with E-state index in [0.29, 0.717) is 5.75 Å². The van der Waals surface area contributed by atoms with E-state index in [1.807, 2.05) is 0 Å². The third-order valence-corrected chi connectivity index (χ3v) is 1.87. The molecule has 4 heteroatoms. The zero-order valence-corrected chi connectivity index (χ0v) is 9.25. The lowest BCUT2D eigenvalue weighted by atomic mass is 10.2. The number of para-hydroxylation sites is 1. The van der Waals surface area contributed by atoms with Crippen molar-refractivity contribution in [1.29, 1.82) is 0 Å². The smallest absolute Gasteiger partial charge is 0.336 e. The van der Waals surface area contributed by atoms with Crippen molar-refractivity contribution in [3.8, 4) is 11.5 Å². The van der Waals surface area contributed by atoms with Crippen molar-refractivity contribution >= 4 is 6.04 Å². The summed E-state index contributed by atoms with van der Waals surface area (Å²) in [5.41, 5.74) is 0.628. The van der Waals surface area contributed by atoms with Gasteiger partial charge in [-0.1, -0.05) is 12.6 Å². The van der Waals surface area contributed by atoms with Gasteiger partial charge in [0.05, 0.1) is 12.7 Å². The SMILES string of the molecule is C=C(C)COc1c(OC)cccc1C(=O)F. The van der Waals surface area contributed by atoms with Crippen LogP contribution in [0.2, 0.25) is 0 Å². The average molecular weight is 224 g/mol. The van der Waals surface area contributed by atoms with Crippen LogP contribution in [0.15, 0.2) is 30.4 Å². The normalized spacial score (nSPS) is 9.69. The maximum atomic E-state index is 12.7. The summed E-state index contributed by atoms with van der Waals surface area (Å²) in [7, 11) is 1.43. The molecule has 0 saturated heterocycles. The zero-order valence-electron chi connectivity index (χ0n) is 9.25. The fourth-order valence-corrected chi connectivity index (χ4v) is 1.18. The van der Waals surface area contributed by atoms with E-state index in [1.54, 1.807) is 13.0 Å². The highest BCUT2D eigenvalue weighted by molar-refractivity contribution is 5.92. The molecule has 0 atom stereocenters. The molecule has 1 aromatic carbocycles. The Morgan fingerprint density at radius 2 is 2.19 bits per heavy atom. The molecule has 1 rings (SSSR count). The van der Waals surface area contributed by atoms with Crippen LogP contribution in [0, 0.1) is 0 Å². The van der Waals surface area contributed by atoms with E-state index in [0.717, 1.165) is 5.57 Å². The van der Waals surface area contributed by atoms with Gasteiger partial charge in [0, 0.05) is 0 Å². The lowest BCUT2D eigenvalue weighted by Gasteiger charge is -2.12. The highest BCUT2D eigenvalue weighted by Gasteiger charge is 2.16. The summed E-state index contributed by atoms with van der Waals surface area (Å²) < 4.78 is 23.0. The van der Waals surface area contributed by atoms with E-state index in [1.165, 1.54) is 19.2 Å². The van der Waals surface area contributed by atoms with Crippen LogP contribution in [0.1, 0.15) is 17.3 Å². The number of methoxy groups -OCH3 is 1. The first-order valence-electron chi connectivity index (χ1n) is 4.70.